The van der Waals surface area contributed by atoms with Gasteiger partial charge in [0.05, 0.1) is 13.7 Å². The van der Waals surface area contributed by atoms with Crippen molar-refractivity contribution in [3.63, 3.8) is 0 Å². The Bertz CT molecular complexity index is 415. The van der Waals surface area contributed by atoms with Gasteiger partial charge in [0.15, 0.2) is 10.8 Å². The summed E-state index contributed by atoms with van der Waals surface area (Å²) in [7, 11) is 1.30. The molecule has 1 aromatic rings. The van der Waals surface area contributed by atoms with Crippen molar-refractivity contribution in [2.45, 2.75) is 13.8 Å². The molecule has 0 saturated heterocycles. The van der Waals surface area contributed by atoms with Crippen LogP contribution in [-0.2, 0) is 9.53 Å². The molecule has 0 spiro atoms. The summed E-state index contributed by atoms with van der Waals surface area (Å²) in [6.07, 6.45) is 0. The third-order valence-corrected chi connectivity index (χ3v) is 3.21. The van der Waals surface area contributed by atoms with E-state index >= 15 is 0 Å². The number of aromatic nitrogens is 1. The molecule has 1 amide bonds. The zero-order valence-electron chi connectivity index (χ0n) is 10.7. The predicted molar refractivity (Wildman–Crippen MR) is 69.9 cm³/mol. The van der Waals surface area contributed by atoms with Crippen LogP contribution in [0, 0.1) is 0 Å². The molecule has 1 N–H and O–H groups in total. The molecule has 1 rings (SSSR count). The van der Waals surface area contributed by atoms with E-state index in [9.17, 15) is 9.59 Å². The lowest BCUT2D eigenvalue weighted by molar-refractivity contribution is -0.128. The molecule has 0 aromatic carbocycles. The van der Waals surface area contributed by atoms with Crippen LogP contribution in [0.5, 0.6) is 0 Å². The number of nitrogens with one attached hydrogen (secondary N) is 1. The Kier molecular flexibility index (Phi) is 5.57. The first kappa shape index (κ1) is 14.4. The van der Waals surface area contributed by atoms with E-state index in [1.165, 1.54) is 18.4 Å². The standard InChI is InChI=1S/C11H17N3O3S/c1-4-14(5-2)9(15)6-12-11-13-8(7-18-11)10(16)17-3/h7H,4-6H2,1-3H3,(H,12,13). The Morgan fingerprint density at radius 3 is 2.67 bits per heavy atom. The first-order valence-electron chi connectivity index (χ1n) is 5.67. The zero-order valence-corrected chi connectivity index (χ0v) is 11.5. The predicted octanol–water partition coefficient (Wildman–Crippen LogP) is 1.21. The van der Waals surface area contributed by atoms with E-state index in [0.717, 1.165) is 0 Å². The summed E-state index contributed by atoms with van der Waals surface area (Å²) in [5.74, 6) is -0.468. The van der Waals surface area contributed by atoms with Crippen molar-refractivity contribution >= 4 is 28.3 Å². The minimum Gasteiger partial charge on any atom is -0.464 e. The number of amides is 1. The number of hydrogen-bond acceptors (Lipinski definition) is 6. The number of thiazole rings is 1. The fourth-order valence-electron chi connectivity index (χ4n) is 1.39. The van der Waals surface area contributed by atoms with Gasteiger partial charge in [-0.15, -0.1) is 11.3 Å². The number of esters is 1. The van der Waals surface area contributed by atoms with Gasteiger partial charge in [0.1, 0.15) is 0 Å². The average Bonchev–Trinajstić information content (AvgIpc) is 2.85. The minimum absolute atomic E-state index is 0.00909. The fourth-order valence-corrected chi connectivity index (χ4v) is 2.07. The molecule has 0 aliphatic carbocycles. The summed E-state index contributed by atoms with van der Waals surface area (Å²) in [5.41, 5.74) is 0.250. The van der Waals surface area contributed by atoms with Crippen LogP contribution < -0.4 is 5.32 Å². The lowest BCUT2D eigenvalue weighted by atomic mass is 10.4. The lowest BCUT2D eigenvalue weighted by Crippen LogP contribution is -2.35. The quantitative estimate of drug-likeness (QED) is 0.787. The number of rotatable bonds is 6. The molecule has 0 radical (unpaired) electrons. The van der Waals surface area contributed by atoms with Gasteiger partial charge in [-0.05, 0) is 13.8 Å². The highest BCUT2D eigenvalue weighted by Crippen LogP contribution is 2.15. The van der Waals surface area contributed by atoms with Crippen LogP contribution in [-0.4, -0.2) is 48.5 Å². The Labute approximate surface area is 110 Å². The van der Waals surface area contributed by atoms with Crippen LogP contribution in [0.15, 0.2) is 5.38 Å². The first-order chi connectivity index (χ1) is 8.62. The van der Waals surface area contributed by atoms with Crippen LogP contribution >= 0.6 is 11.3 Å². The Morgan fingerprint density at radius 1 is 1.44 bits per heavy atom. The minimum atomic E-state index is -0.477. The Morgan fingerprint density at radius 2 is 2.11 bits per heavy atom. The second-order valence-corrected chi connectivity index (χ2v) is 4.31. The van der Waals surface area contributed by atoms with Crippen LogP contribution in [0.4, 0.5) is 5.13 Å². The number of ether oxygens (including phenoxy) is 1. The van der Waals surface area contributed by atoms with Crippen molar-refractivity contribution in [1.82, 2.24) is 9.88 Å². The maximum Gasteiger partial charge on any atom is 0.357 e. The molecule has 100 valence electrons. The molecule has 18 heavy (non-hydrogen) atoms. The zero-order chi connectivity index (χ0) is 13.5. The number of carbonyl (C=O) groups is 2. The van der Waals surface area contributed by atoms with E-state index in [1.54, 1.807) is 10.3 Å². The average molecular weight is 271 g/mol. The van der Waals surface area contributed by atoms with Gasteiger partial charge in [0, 0.05) is 18.5 Å². The van der Waals surface area contributed by atoms with E-state index in [0.29, 0.717) is 18.2 Å². The van der Waals surface area contributed by atoms with Gasteiger partial charge in [-0.2, -0.15) is 0 Å². The largest absolute Gasteiger partial charge is 0.464 e. The molecule has 0 atom stereocenters. The molecule has 0 saturated carbocycles. The number of hydrogen-bond donors (Lipinski definition) is 1. The van der Waals surface area contributed by atoms with Crippen molar-refractivity contribution in [2.24, 2.45) is 0 Å². The Balaban J connectivity index is 2.51. The topological polar surface area (TPSA) is 71.5 Å². The fraction of sp³-hybridized carbons (Fsp3) is 0.545. The van der Waals surface area contributed by atoms with Crippen LogP contribution in [0.25, 0.3) is 0 Å². The monoisotopic (exact) mass is 271 g/mol. The molecule has 6 nitrogen and oxygen atoms in total. The molecule has 0 aliphatic rings. The smallest absolute Gasteiger partial charge is 0.357 e. The summed E-state index contributed by atoms with van der Waals surface area (Å²) in [6.45, 7) is 5.40. The van der Waals surface area contributed by atoms with Gasteiger partial charge in [0.25, 0.3) is 0 Å². The highest BCUT2D eigenvalue weighted by molar-refractivity contribution is 7.13. The van der Waals surface area contributed by atoms with E-state index < -0.39 is 5.97 Å². The molecule has 0 fully saturated rings. The highest BCUT2D eigenvalue weighted by atomic mass is 32.1. The van der Waals surface area contributed by atoms with Crippen LogP contribution in [0.3, 0.4) is 0 Å². The van der Waals surface area contributed by atoms with Crippen molar-refractivity contribution in [3.05, 3.63) is 11.1 Å². The van der Waals surface area contributed by atoms with E-state index in [4.69, 9.17) is 0 Å². The van der Waals surface area contributed by atoms with Crippen molar-refractivity contribution in [2.75, 3.05) is 32.1 Å². The van der Waals surface area contributed by atoms with Gasteiger partial charge >= 0.3 is 5.97 Å². The van der Waals surface area contributed by atoms with E-state index in [-0.39, 0.29) is 18.1 Å². The maximum atomic E-state index is 11.7. The first-order valence-corrected chi connectivity index (χ1v) is 6.55. The van der Waals surface area contributed by atoms with Gasteiger partial charge < -0.3 is 15.0 Å². The van der Waals surface area contributed by atoms with Crippen LogP contribution in [0.2, 0.25) is 0 Å². The number of likely N-dealkylation sites (N-methyl/N-ethyl adjacent to an activating group) is 1. The molecule has 1 aromatic heterocycles. The summed E-state index contributed by atoms with van der Waals surface area (Å²) >= 11 is 1.27. The third-order valence-electron chi connectivity index (χ3n) is 2.41. The van der Waals surface area contributed by atoms with Crippen LogP contribution in [0.1, 0.15) is 24.3 Å². The second-order valence-electron chi connectivity index (χ2n) is 3.45. The number of carbonyl (C=O) groups excluding carboxylic acids is 2. The van der Waals surface area contributed by atoms with Gasteiger partial charge in [-0.1, -0.05) is 0 Å². The van der Waals surface area contributed by atoms with E-state index in [1.807, 2.05) is 13.8 Å². The summed E-state index contributed by atoms with van der Waals surface area (Å²) < 4.78 is 4.55. The van der Waals surface area contributed by atoms with E-state index in [2.05, 4.69) is 15.0 Å². The molecule has 0 unspecified atom stereocenters. The molecular weight excluding hydrogens is 254 g/mol. The van der Waals surface area contributed by atoms with Crippen molar-refractivity contribution in [1.29, 1.82) is 0 Å². The third kappa shape index (κ3) is 3.69. The van der Waals surface area contributed by atoms with Gasteiger partial charge in [-0.25, -0.2) is 9.78 Å². The SMILES string of the molecule is CCN(CC)C(=O)CNc1nc(C(=O)OC)cs1. The normalized spacial score (nSPS) is 9.94. The summed E-state index contributed by atoms with van der Waals surface area (Å²) in [5, 5.41) is 5.03. The lowest BCUT2D eigenvalue weighted by Gasteiger charge is -2.18. The number of nitrogens with zero attached hydrogens (tertiary/aromatic N) is 2. The highest BCUT2D eigenvalue weighted by Gasteiger charge is 2.13. The molecular formula is C11H17N3O3S. The Hall–Kier alpha value is -1.63. The summed E-state index contributed by atoms with van der Waals surface area (Å²) in [4.78, 5) is 28.7. The second kappa shape index (κ2) is 6.95. The molecule has 0 aliphatic heterocycles. The van der Waals surface area contributed by atoms with Gasteiger partial charge in [-0.3, -0.25) is 4.79 Å². The molecule has 7 heteroatoms. The maximum absolute atomic E-state index is 11.7. The van der Waals surface area contributed by atoms with Crippen molar-refractivity contribution < 1.29 is 14.3 Å². The number of methoxy groups -OCH3 is 1. The number of anilines is 1. The van der Waals surface area contributed by atoms with Crippen molar-refractivity contribution in [3.8, 4) is 0 Å². The molecule has 0 bridgehead atoms. The molecule has 1 heterocycles. The van der Waals surface area contributed by atoms with Gasteiger partial charge in [0.2, 0.25) is 5.91 Å². The summed E-state index contributed by atoms with van der Waals surface area (Å²) in [6, 6.07) is 0.